The van der Waals surface area contributed by atoms with Crippen molar-refractivity contribution in [3.8, 4) is 0 Å². The van der Waals surface area contributed by atoms with Crippen molar-refractivity contribution >= 4 is 12.1 Å². The van der Waals surface area contributed by atoms with E-state index in [0.717, 1.165) is 24.8 Å². The predicted octanol–water partition coefficient (Wildman–Crippen LogP) is 3.27. The minimum atomic E-state index is -0.503. The van der Waals surface area contributed by atoms with Crippen LogP contribution in [0, 0.1) is 17.3 Å². The number of Topliss-reactive ketones (excluding diaryl/α,β-unsaturated/α-hetero) is 1. The molecule has 3 atom stereocenters. The van der Waals surface area contributed by atoms with Gasteiger partial charge in [0.15, 0.2) is 0 Å². The van der Waals surface area contributed by atoms with E-state index >= 15 is 0 Å². The molecule has 0 aliphatic heterocycles. The summed E-state index contributed by atoms with van der Waals surface area (Å²) in [5.41, 5.74) is 1.66. The number of hydrogen-bond donors (Lipinski definition) is 0. The molecular weight excluding hydrogens is 288 g/mol. The summed E-state index contributed by atoms with van der Waals surface area (Å²) < 4.78 is 2.05. The molecule has 1 heterocycles. The average Bonchev–Trinajstić information content (AvgIpc) is 2.88. The Hall–Kier alpha value is -1.45. The van der Waals surface area contributed by atoms with Crippen molar-refractivity contribution in [1.29, 1.82) is 0 Å². The van der Waals surface area contributed by atoms with Gasteiger partial charge in [-0.2, -0.15) is 5.10 Å². The standard InChI is InChI=1S/C19H28N2O2/c1-17(2,3)21-10-12-7-8-14-18(4,5)16(23)13(11-22)9-19(14,6)15(12)20-21/h10-11,13-14H,7-9H2,1-6H3/t13?,14-,19-/m0/s1. The van der Waals surface area contributed by atoms with E-state index in [2.05, 4.69) is 33.9 Å². The molecule has 1 aromatic rings. The summed E-state index contributed by atoms with van der Waals surface area (Å²) in [5, 5.41) is 4.93. The van der Waals surface area contributed by atoms with Crippen LogP contribution in [-0.4, -0.2) is 21.8 Å². The first-order chi connectivity index (χ1) is 10.5. The van der Waals surface area contributed by atoms with Crippen molar-refractivity contribution in [3.63, 3.8) is 0 Å². The van der Waals surface area contributed by atoms with Gasteiger partial charge in [0.05, 0.1) is 17.2 Å². The van der Waals surface area contributed by atoms with Gasteiger partial charge in [0, 0.05) is 17.0 Å². The number of hydrogen-bond acceptors (Lipinski definition) is 3. The fraction of sp³-hybridized carbons (Fsp3) is 0.737. The molecule has 4 heteroatoms. The van der Waals surface area contributed by atoms with Gasteiger partial charge in [-0.05, 0) is 51.5 Å². The first kappa shape index (κ1) is 16.4. The summed E-state index contributed by atoms with van der Waals surface area (Å²) in [4.78, 5) is 24.2. The molecule has 23 heavy (non-hydrogen) atoms. The highest BCUT2D eigenvalue weighted by molar-refractivity contribution is 5.98. The van der Waals surface area contributed by atoms with Gasteiger partial charge < -0.3 is 4.79 Å². The number of nitrogens with zero attached hydrogens (tertiary/aromatic N) is 2. The maximum absolute atomic E-state index is 12.7. The molecule has 3 rings (SSSR count). The van der Waals surface area contributed by atoms with Gasteiger partial charge in [-0.15, -0.1) is 0 Å². The van der Waals surface area contributed by atoms with Gasteiger partial charge in [-0.1, -0.05) is 20.8 Å². The Balaban J connectivity index is 2.14. The third-order valence-electron chi connectivity index (χ3n) is 6.14. The molecule has 1 aromatic heterocycles. The zero-order valence-corrected chi connectivity index (χ0v) is 15.1. The smallest absolute Gasteiger partial charge is 0.148 e. The van der Waals surface area contributed by atoms with E-state index in [1.54, 1.807) is 0 Å². The second-order valence-electron chi connectivity index (χ2n) is 9.16. The fourth-order valence-corrected chi connectivity index (χ4v) is 4.91. The first-order valence-electron chi connectivity index (χ1n) is 8.61. The van der Waals surface area contributed by atoms with Gasteiger partial charge >= 0.3 is 0 Å². The molecule has 2 aliphatic carbocycles. The molecule has 0 radical (unpaired) electrons. The predicted molar refractivity (Wildman–Crippen MR) is 89.3 cm³/mol. The van der Waals surface area contributed by atoms with Crippen LogP contribution in [0.2, 0.25) is 0 Å². The summed E-state index contributed by atoms with van der Waals surface area (Å²) in [6, 6.07) is 0. The lowest BCUT2D eigenvalue weighted by molar-refractivity contribution is -0.145. The number of aryl methyl sites for hydroxylation is 1. The Bertz CT molecular complexity index is 665. The molecule has 0 N–H and O–H groups in total. The van der Waals surface area contributed by atoms with E-state index < -0.39 is 11.3 Å². The topological polar surface area (TPSA) is 52.0 Å². The molecule has 2 aliphatic rings. The number of carbonyl (C=O) groups is 2. The second kappa shape index (κ2) is 4.78. The van der Waals surface area contributed by atoms with Crippen LogP contribution in [0.1, 0.15) is 65.6 Å². The van der Waals surface area contributed by atoms with E-state index in [1.807, 2.05) is 18.5 Å². The monoisotopic (exact) mass is 316 g/mol. The summed E-state index contributed by atoms with van der Waals surface area (Å²) in [5.74, 6) is -0.153. The van der Waals surface area contributed by atoms with Crippen LogP contribution in [0.15, 0.2) is 6.20 Å². The number of aldehydes is 1. The summed E-state index contributed by atoms with van der Waals surface area (Å²) in [6.45, 7) is 12.7. The zero-order chi connectivity index (χ0) is 17.2. The van der Waals surface area contributed by atoms with Crippen LogP contribution >= 0.6 is 0 Å². The van der Waals surface area contributed by atoms with Crippen molar-refractivity contribution in [2.24, 2.45) is 17.3 Å². The van der Waals surface area contributed by atoms with Crippen molar-refractivity contribution in [1.82, 2.24) is 9.78 Å². The third kappa shape index (κ3) is 2.21. The zero-order valence-electron chi connectivity index (χ0n) is 15.1. The Kier molecular flexibility index (Phi) is 3.41. The lowest BCUT2D eigenvalue weighted by Gasteiger charge is -2.53. The second-order valence-corrected chi connectivity index (χ2v) is 9.16. The van der Waals surface area contributed by atoms with Crippen molar-refractivity contribution in [2.45, 2.75) is 71.8 Å². The fourth-order valence-electron chi connectivity index (χ4n) is 4.91. The molecule has 126 valence electrons. The van der Waals surface area contributed by atoms with Crippen molar-refractivity contribution in [3.05, 3.63) is 17.5 Å². The maximum Gasteiger partial charge on any atom is 0.148 e. The Morgan fingerprint density at radius 1 is 1.30 bits per heavy atom. The van der Waals surface area contributed by atoms with E-state index in [9.17, 15) is 9.59 Å². The molecular formula is C19H28N2O2. The van der Waals surface area contributed by atoms with Crippen LogP contribution < -0.4 is 0 Å². The Morgan fingerprint density at radius 3 is 2.52 bits per heavy atom. The number of carbonyl (C=O) groups excluding carboxylic acids is 2. The summed E-state index contributed by atoms with van der Waals surface area (Å²) in [6.07, 6.45) is 5.56. The van der Waals surface area contributed by atoms with Crippen LogP contribution in [0.4, 0.5) is 0 Å². The molecule has 1 saturated carbocycles. The van der Waals surface area contributed by atoms with Gasteiger partial charge in [0.25, 0.3) is 0 Å². The normalized spacial score (nSPS) is 33.0. The minimum Gasteiger partial charge on any atom is -0.303 e. The third-order valence-corrected chi connectivity index (χ3v) is 6.14. The summed E-state index contributed by atoms with van der Waals surface area (Å²) >= 11 is 0. The quantitative estimate of drug-likeness (QED) is 0.590. The lowest BCUT2D eigenvalue weighted by Crippen LogP contribution is -2.56. The SMILES string of the molecule is CC1(C)C(=O)C(C=O)C[C@]2(C)c3nn(C(C)(C)C)cc3CC[C@@H]12. The van der Waals surface area contributed by atoms with E-state index in [0.29, 0.717) is 6.42 Å². The highest BCUT2D eigenvalue weighted by Crippen LogP contribution is 2.56. The number of aromatic nitrogens is 2. The highest BCUT2D eigenvalue weighted by Gasteiger charge is 2.58. The van der Waals surface area contributed by atoms with Crippen molar-refractivity contribution in [2.75, 3.05) is 0 Å². The lowest BCUT2D eigenvalue weighted by atomic mass is 9.49. The maximum atomic E-state index is 12.7. The van der Waals surface area contributed by atoms with E-state index in [-0.39, 0.29) is 22.7 Å². The van der Waals surface area contributed by atoms with Crippen molar-refractivity contribution < 1.29 is 9.59 Å². The molecule has 1 fully saturated rings. The van der Waals surface area contributed by atoms with Gasteiger partial charge in [0.1, 0.15) is 12.1 Å². The molecule has 0 spiro atoms. The first-order valence-corrected chi connectivity index (χ1v) is 8.61. The Labute approximate surface area is 138 Å². The number of rotatable bonds is 1. The number of ketones is 1. The van der Waals surface area contributed by atoms with E-state index in [1.165, 1.54) is 5.56 Å². The van der Waals surface area contributed by atoms with Crippen LogP contribution in [0.5, 0.6) is 0 Å². The summed E-state index contributed by atoms with van der Waals surface area (Å²) in [7, 11) is 0. The van der Waals surface area contributed by atoms with Gasteiger partial charge in [-0.25, -0.2) is 0 Å². The van der Waals surface area contributed by atoms with E-state index in [4.69, 9.17) is 5.10 Å². The van der Waals surface area contributed by atoms with Gasteiger partial charge in [-0.3, -0.25) is 9.48 Å². The van der Waals surface area contributed by atoms with Crippen LogP contribution in [0.3, 0.4) is 0 Å². The molecule has 0 bridgehead atoms. The molecule has 0 aromatic carbocycles. The van der Waals surface area contributed by atoms with Crippen LogP contribution in [-0.2, 0) is 27.0 Å². The molecule has 4 nitrogen and oxygen atoms in total. The molecule has 0 amide bonds. The minimum absolute atomic E-state index is 0.0622. The van der Waals surface area contributed by atoms with Gasteiger partial charge in [0.2, 0.25) is 0 Å². The number of fused-ring (bicyclic) bond motifs is 3. The largest absolute Gasteiger partial charge is 0.303 e. The average molecular weight is 316 g/mol. The molecule has 1 unspecified atom stereocenters. The highest BCUT2D eigenvalue weighted by atomic mass is 16.1. The molecule has 0 saturated heterocycles. The Morgan fingerprint density at radius 2 is 1.96 bits per heavy atom. The van der Waals surface area contributed by atoms with Crippen LogP contribution in [0.25, 0.3) is 0 Å².